The van der Waals surface area contributed by atoms with E-state index in [4.69, 9.17) is 11.6 Å². The molecular formula is C16H18ClN5O. The number of hydrogen-bond donors (Lipinski definition) is 2. The first kappa shape index (κ1) is 15.8. The van der Waals surface area contributed by atoms with Gasteiger partial charge in [-0.3, -0.25) is 4.68 Å². The van der Waals surface area contributed by atoms with Crippen molar-refractivity contribution in [2.75, 3.05) is 5.32 Å². The van der Waals surface area contributed by atoms with Gasteiger partial charge >= 0.3 is 0 Å². The molecule has 3 rings (SSSR count). The minimum Gasteiger partial charge on any atom is -0.393 e. The molecule has 0 saturated heterocycles. The van der Waals surface area contributed by atoms with E-state index < -0.39 is 0 Å². The fraction of sp³-hybridized carbons (Fsp3) is 0.438. The lowest BCUT2D eigenvalue weighted by Gasteiger charge is -2.27. The number of halogens is 1. The molecule has 0 atom stereocenters. The van der Waals surface area contributed by atoms with E-state index in [0.717, 1.165) is 36.9 Å². The van der Waals surface area contributed by atoms with Crippen molar-refractivity contribution in [3.05, 3.63) is 35.1 Å². The van der Waals surface area contributed by atoms with E-state index in [1.54, 1.807) is 30.3 Å². The maximum absolute atomic E-state index is 9.61. The van der Waals surface area contributed by atoms with E-state index in [9.17, 15) is 5.11 Å². The van der Waals surface area contributed by atoms with Gasteiger partial charge in [0.05, 0.1) is 17.4 Å². The molecule has 2 heterocycles. The molecule has 2 aromatic heterocycles. The normalized spacial score (nSPS) is 20.7. The van der Waals surface area contributed by atoms with Crippen molar-refractivity contribution in [1.29, 1.82) is 0 Å². The van der Waals surface area contributed by atoms with Crippen LogP contribution in [0.2, 0.25) is 5.15 Å². The van der Waals surface area contributed by atoms with Crippen molar-refractivity contribution in [2.24, 2.45) is 7.05 Å². The van der Waals surface area contributed by atoms with Crippen LogP contribution in [0, 0.1) is 11.8 Å². The van der Waals surface area contributed by atoms with Crippen LogP contribution >= 0.6 is 11.6 Å². The predicted octanol–water partition coefficient (Wildman–Crippen LogP) is 1.98. The zero-order valence-corrected chi connectivity index (χ0v) is 13.6. The summed E-state index contributed by atoms with van der Waals surface area (Å²) in [5.41, 5.74) is 1.61. The summed E-state index contributed by atoms with van der Waals surface area (Å²) >= 11 is 6.01. The van der Waals surface area contributed by atoms with Gasteiger partial charge in [-0.15, -0.1) is 5.10 Å². The molecule has 0 spiro atoms. The second kappa shape index (κ2) is 6.99. The first-order chi connectivity index (χ1) is 11.1. The number of pyridine rings is 1. The van der Waals surface area contributed by atoms with Crippen LogP contribution in [0.25, 0.3) is 0 Å². The molecule has 23 heavy (non-hydrogen) atoms. The molecule has 6 nitrogen and oxygen atoms in total. The van der Waals surface area contributed by atoms with E-state index in [1.807, 2.05) is 0 Å². The van der Waals surface area contributed by atoms with Gasteiger partial charge in [-0.1, -0.05) is 17.5 Å². The molecule has 1 aliphatic rings. The van der Waals surface area contributed by atoms with Crippen LogP contribution in [0.15, 0.2) is 18.6 Å². The molecule has 0 bridgehead atoms. The Labute approximate surface area is 139 Å². The molecule has 0 unspecified atom stereocenters. The van der Waals surface area contributed by atoms with Crippen LogP contribution in [0.5, 0.6) is 0 Å². The van der Waals surface area contributed by atoms with Crippen molar-refractivity contribution in [1.82, 2.24) is 19.7 Å². The van der Waals surface area contributed by atoms with Crippen LogP contribution in [0.4, 0.5) is 5.69 Å². The largest absolute Gasteiger partial charge is 0.393 e. The highest BCUT2D eigenvalue weighted by molar-refractivity contribution is 6.29. The van der Waals surface area contributed by atoms with Crippen LogP contribution in [0.1, 0.15) is 37.1 Å². The summed E-state index contributed by atoms with van der Waals surface area (Å²) in [6.07, 6.45) is 6.56. The van der Waals surface area contributed by atoms with Gasteiger partial charge in [0.25, 0.3) is 0 Å². The van der Waals surface area contributed by atoms with Crippen LogP contribution in [0.3, 0.4) is 0 Å². The Kier molecular flexibility index (Phi) is 4.79. The number of aromatic nitrogens is 4. The number of rotatable bonds is 2. The van der Waals surface area contributed by atoms with Gasteiger partial charge in [-0.05, 0) is 37.7 Å². The zero-order valence-electron chi connectivity index (χ0n) is 12.8. The van der Waals surface area contributed by atoms with Crippen LogP contribution < -0.4 is 5.32 Å². The molecule has 1 saturated carbocycles. The highest BCUT2D eigenvalue weighted by Crippen LogP contribution is 2.25. The summed E-state index contributed by atoms with van der Waals surface area (Å²) in [4.78, 5) is 8.18. The Morgan fingerprint density at radius 1 is 1.26 bits per heavy atom. The first-order valence-electron chi connectivity index (χ1n) is 7.58. The minimum absolute atomic E-state index is 0.177. The number of hydrogen-bond acceptors (Lipinski definition) is 5. The number of anilines is 1. The van der Waals surface area contributed by atoms with E-state index in [1.165, 1.54) is 0 Å². The molecule has 0 amide bonds. The number of aryl methyl sites for hydroxylation is 1. The average Bonchev–Trinajstić information content (AvgIpc) is 2.94. The minimum atomic E-state index is -0.177. The third-order valence-electron chi connectivity index (χ3n) is 3.84. The molecule has 0 radical (unpaired) electrons. The third-order valence-corrected chi connectivity index (χ3v) is 4.04. The van der Waals surface area contributed by atoms with Crippen molar-refractivity contribution in [2.45, 2.75) is 37.8 Å². The second-order valence-corrected chi connectivity index (χ2v) is 6.08. The number of nitrogens with zero attached hydrogens (tertiary/aromatic N) is 4. The molecule has 7 heteroatoms. The summed E-state index contributed by atoms with van der Waals surface area (Å²) in [5.74, 6) is 6.44. The van der Waals surface area contributed by atoms with Crippen LogP contribution in [-0.4, -0.2) is 37.0 Å². The standard InChI is InChI=1S/C16H18ClN5O/c1-22-10-19-16(21-22)7-2-11-9-18-15(17)8-14(11)20-12-3-5-13(23)6-4-12/h8-10,12-13,23H,3-6H2,1H3,(H,18,20). The summed E-state index contributed by atoms with van der Waals surface area (Å²) in [5, 5.41) is 17.6. The van der Waals surface area contributed by atoms with E-state index in [0.29, 0.717) is 17.0 Å². The van der Waals surface area contributed by atoms with Crippen molar-refractivity contribution >= 4 is 17.3 Å². The summed E-state index contributed by atoms with van der Waals surface area (Å²) in [7, 11) is 1.80. The van der Waals surface area contributed by atoms with E-state index in [-0.39, 0.29) is 6.10 Å². The Morgan fingerprint density at radius 3 is 2.74 bits per heavy atom. The van der Waals surface area contributed by atoms with Crippen molar-refractivity contribution in [3.8, 4) is 11.8 Å². The molecule has 1 fully saturated rings. The SMILES string of the molecule is Cn1cnc(C#Cc2cnc(Cl)cc2NC2CCC(O)CC2)n1. The Bertz CT molecular complexity index is 740. The smallest absolute Gasteiger partial charge is 0.225 e. The molecule has 0 aliphatic heterocycles. The highest BCUT2D eigenvalue weighted by Gasteiger charge is 2.19. The summed E-state index contributed by atoms with van der Waals surface area (Å²) in [6.45, 7) is 0. The van der Waals surface area contributed by atoms with Gasteiger partial charge in [-0.2, -0.15) is 0 Å². The first-order valence-corrected chi connectivity index (χ1v) is 7.96. The van der Waals surface area contributed by atoms with Gasteiger partial charge < -0.3 is 10.4 Å². The van der Waals surface area contributed by atoms with Crippen molar-refractivity contribution in [3.63, 3.8) is 0 Å². The number of aliphatic hydroxyl groups excluding tert-OH is 1. The fourth-order valence-electron chi connectivity index (χ4n) is 2.61. The lowest BCUT2D eigenvalue weighted by molar-refractivity contribution is 0.126. The molecule has 1 aliphatic carbocycles. The van der Waals surface area contributed by atoms with E-state index in [2.05, 4.69) is 32.2 Å². The van der Waals surface area contributed by atoms with Crippen LogP contribution in [-0.2, 0) is 7.05 Å². The predicted molar refractivity (Wildman–Crippen MR) is 88.1 cm³/mol. The average molecular weight is 332 g/mol. The molecule has 120 valence electrons. The third kappa shape index (κ3) is 4.21. The lowest BCUT2D eigenvalue weighted by atomic mass is 9.93. The van der Waals surface area contributed by atoms with Gasteiger partial charge in [0, 0.05) is 19.3 Å². The Morgan fingerprint density at radius 2 is 2.04 bits per heavy atom. The number of aliphatic hydroxyl groups is 1. The second-order valence-electron chi connectivity index (χ2n) is 5.69. The fourth-order valence-corrected chi connectivity index (χ4v) is 2.77. The van der Waals surface area contributed by atoms with E-state index >= 15 is 0 Å². The van der Waals surface area contributed by atoms with Gasteiger partial charge in [0.15, 0.2) is 0 Å². The highest BCUT2D eigenvalue weighted by atomic mass is 35.5. The van der Waals surface area contributed by atoms with Gasteiger partial charge in [0.1, 0.15) is 11.5 Å². The Hall–Kier alpha value is -2.10. The van der Waals surface area contributed by atoms with Gasteiger partial charge in [-0.25, -0.2) is 9.97 Å². The number of nitrogens with one attached hydrogen (secondary N) is 1. The molecule has 0 aromatic carbocycles. The summed E-state index contributed by atoms with van der Waals surface area (Å²) in [6, 6.07) is 2.09. The maximum Gasteiger partial charge on any atom is 0.225 e. The molecular weight excluding hydrogens is 314 g/mol. The quantitative estimate of drug-likeness (QED) is 0.650. The molecule has 2 aromatic rings. The molecule has 2 N–H and O–H groups in total. The maximum atomic E-state index is 9.61. The summed E-state index contributed by atoms with van der Waals surface area (Å²) < 4.78 is 1.61. The topological polar surface area (TPSA) is 75.9 Å². The van der Waals surface area contributed by atoms with Gasteiger partial charge in [0.2, 0.25) is 5.82 Å². The van der Waals surface area contributed by atoms with Crippen molar-refractivity contribution < 1.29 is 5.11 Å². The zero-order chi connectivity index (χ0) is 16.2. The lowest BCUT2D eigenvalue weighted by Crippen LogP contribution is -2.28. The monoisotopic (exact) mass is 331 g/mol. The Balaban J connectivity index is 1.79.